The van der Waals surface area contributed by atoms with Crippen LogP contribution >= 0.6 is 0 Å². The minimum absolute atomic E-state index is 1.14. The van der Waals surface area contributed by atoms with Gasteiger partial charge in [0.15, 0.2) is 0 Å². The van der Waals surface area contributed by atoms with E-state index in [9.17, 15) is 0 Å². The molecule has 0 N–H and O–H groups in total. The Bertz CT molecular complexity index is 184. The zero-order valence-corrected chi connectivity index (χ0v) is 8.96. The van der Waals surface area contributed by atoms with Crippen molar-refractivity contribution in [3.05, 3.63) is 35.9 Å². The second-order valence-electron chi connectivity index (χ2n) is 2.55. The first-order chi connectivity index (χ1) is 6.35. The van der Waals surface area contributed by atoms with Crippen molar-refractivity contribution in [2.24, 2.45) is 0 Å². The van der Waals surface area contributed by atoms with E-state index in [0.717, 1.165) is 6.42 Å². The van der Waals surface area contributed by atoms with E-state index in [1.54, 1.807) is 0 Å². The van der Waals surface area contributed by atoms with Gasteiger partial charge >= 0.3 is 0 Å². The molecule has 1 rings (SSSR count). The molecular formula is C13H20. The molecule has 0 heteroatoms. The summed E-state index contributed by atoms with van der Waals surface area (Å²) in [5.41, 5.74) is 1.41. The Morgan fingerprint density at radius 2 is 1.31 bits per heavy atom. The average Bonchev–Trinajstić information content (AvgIpc) is 2.23. The fourth-order valence-corrected chi connectivity index (χ4v) is 0.714. The monoisotopic (exact) mass is 176 g/mol. The maximum absolute atomic E-state index is 4.00. The van der Waals surface area contributed by atoms with Gasteiger partial charge in [-0.05, 0) is 12.0 Å². The lowest BCUT2D eigenvalue weighted by Crippen LogP contribution is -1.73. The molecule has 1 aromatic rings. The van der Waals surface area contributed by atoms with Crippen LogP contribution in [-0.4, -0.2) is 0 Å². The molecule has 0 atom stereocenters. The second kappa shape index (κ2) is 13.4. The summed E-state index contributed by atoms with van der Waals surface area (Å²) in [7, 11) is 0. The van der Waals surface area contributed by atoms with Crippen LogP contribution in [0.2, 0.25) is 0 Å². The number of benzene rings is 1. The van der Waals surface area contributed by atoms with Crippen molar-refractivity contribution in [3.63, 3.8) is 0 Å². The van der Waals surface area contributed by atoms with E-state index in [1.807, 2.05) is 6.07 Å². The number of terminal acetylenes is 1. The molecule has 0 radical (unpaired) electrons. The lowest BCUT2D eigenvalue weighted by molar-refractivity contribution is 1.09. The predicted molar refractivity (Wildman–Crippen MR) is 61.7 cm³/mol. The molecule has 1 aromatic carbocycles. The van der Waals surface area contributed by atoms with E-state index in [0.29, 0.717) is 0 Å². The zero-order chi connectivity index (χ0) is 10.5. The molecule has 0 aliphatic rings. The molecule has 0 amide bonds. The molecule has 0 saturated heterocycles. The van der Waals surface area contributed by atoms with Crippen LogP contribution in [0, 0.1) is 12.8 Å². The fraction of sp³-hybridized carbons (Fsp3) is 0.385. The van der Waals surface area contributed by atoms with Crippen molar-refractivity contribution in [2.45, 2.75) is 33.6 Å². The highest BCUT2D eigenvalue weighted by Gasteiger charge is 1.79. The van der Waals surface area contributed by atoms with Crippen molar-refractivity contribution >= 4 is 0 Å². The van der Waals surface area contributed by atoms with E-state index in [4.69, 9.17) is 0 Å². The average molecular weight is 176 g/mol. The molecule has 0 unspecified atom stereocenters. The number of hydrogen-bond acceptors (Lipinski definition) is 0. The van der Waals surface area contributed by atoms with Crippen LogP contribution in [0.4, 0.5) is 0 Å². The van der Waals surface area contributed by atoms with Gasteiger partial charge in [0.05, 0.1) is 0 Å². The summed E-state index contributed by atoms with van der Waals surface area (Å²) in [6, 6.07) is 10.5. The van der Waals surface area contributed by atoms with Gasteiger partial charge in [0, 0.05) is 0 Å². The van der Waals surface area contributed by atoms with Crippen LogP contribution in [0.5, 0.6) is 0 Å². The van der Waals surface area contributed by atoms with Gasteiger partial charge in [0.2, 0.25) is 0 Å². The predicted octanol–water partition coefficient (Wildman–Crippen LogP) is 3.91. The third-order valence-corrected chi connectivity index (χ3v) is 1.25. The molecule has 0 fully saturated rings. The van der Waals surface area contributed by atoms with Gasteiger partial charge in [-0.25, -0.2) is 0 Å². The Morgan fingerprint density at radius 1 is 0.923 bits per heavy atom. The quantitative estimate of drug-likeness (QED) is 0.569. The van der Waals surface area contributed by atoms with Gasteiger partial charge in [-0.15, -0.1) is 12.8 Å². The van der Waals surface area contributed by atoms with Gasteiger partial charge < -0.3 is 0 Å². The largest absolute Gasteiger partial charge is 0.124 e. The van der Waals surface area contributed by atoms with Crippen LogP contribution in [0.25, 0.3) is 0 Å². The highest BCUT2D eigenvalue weighted by molar-refractivity contribution is 5.13. The van der Waals surface area contributed by atoms with E-state index < -0.39 is 0 Å². The van der Waals surface area contributed by atoms with E-state index >= 15 is 0 Å². The van der Waals surface area contributed by atoms with E-state index in [1.165, 1.54) is 12.0 Å². The third kappa shape index (κ3) is 10.8. The van der Waals surface area contributed by atoms with Gasteiger partial charge in [-0.3, -0.25) is 0 Å². The van der Waals surface area contributed by atoms with Gasteiger partial charge in [0.1, 0.15) is 0 Å². The van der Waals surface area contributed by atoms with Gasteiger partial charge in [0.25, 0.3) is 0 Å². The first-order valence-electron chi connectivity index (χ1n) is 4.72. The number of aryl methyl sites for hydroxylation is 1. The molecular weight excluding hydrogens is 156 g/mol. The van der Waals surface area contributed by atoms with Crippen molar-refractivity contribution in [2.75, 3.05) is 0 Å². The van der Waals surface area contributed by atoms with Gasteiger partial charge in [-0.2, -0.15) is 0 Å². The fourth-order valence-electron chi connectivity index (χ4n) is 0.714. The Kier molecular flexibility index (Phi) is 14.7. The second-order valence-corrected chi connectivity index (χ2v) is 2.55. The summed E-state index contributed by atoms with van der Waals surface area (Å²) in [5, 5.41) is 0. The highest BCUT2D eigenvalue weighted by atomic mass is 13.9. The minimum Gasteiger partial charge on any atom is -0.124 e. The first kappa shape index (κ1) is 14.3. The standard InChI is InChI=1S/C8H10.C3H8.C2H2/c1-2-8-6-4-3-5-7-8;1-3-2;1-2/h3-7H,2H2,1H3;3H2,1-2H3;1-2H. The third-order valence-electron chi connectivity index (χ3n) is 1.25. The molecule has 0 aliphatic heterocycles. The molecule has 13 heavy (non-hydrogen) atoms. The summed E-state index contributed by atoms with van der Waals surface area (Å²) in [6.07, 6.45) is 10.4. The van der Waals surface area contributed by atoms with Crippen molar-refractivity contribution < 1.29 is 0 Å². The summed E-state index contributed by atoms with van der Waals surface area (Å²) >= 11 is 0. The van der Waals surface area contributed by atoms with Crippen LogP contribution in [0.3, 0.4) is 0 Å². The van der Waals surface area contributed by atoms with E-state index in [2.05, 4.69) is 57.9 Å². The molecule has 0 aliphatic carbocycles. The van der Waals surface area contributed by atoms with Crippen LogP contribution < -0.4 is 0 Å². The molecule has 0 aromatic heterocycles. The Labute approximate surface area is 83.0 Å². The SMILES string of the molecule is C#C.CCC.CCc1ccccc1. The summed E-state index contributed by atoms with van der Waals surface area (Å²) in [5.74, 6) is 0. The maximum atomic E-state index is 4.00. The maximum Gasteiger partial charge on any atom is -0.0307 e. The topological polar surface area (TPSA) is 0 Å². The molecule has 72 valence electrons. The Hall–Kier alpha value is -1.22. The molecule has 0 heterocycles. The number of rotatable bonds is 1. The summed E-state index contributed by atoms with van der Waals surface area (Å²) in [6.45, 7) is 6.41. The first-order valence-corrected chi connectivity index (χ1v) is 4.72. The Balaban J connectivity index is 0. The zero-order valence-electron chi connectivity index (χ0n) is 8.96. The Morgan fingerprint density at radius 3 is 1.54 bits per heavy atom. The molecule has 0 bridgehead atoms. The van der Waals surface area contributed by atoms with Crippen LogP contribution in [-0.2, 0) is 6.42 Å². The summed E-state index contributed by atoms with van der Waals surface area (Å²) < 4.78 is 0. The lowest BCUT2D eigenvalue weighted by Gasteiger charge is -1.89. The summed E-state index contributed by atoms with van der Waals surface area (Å²) in [4.78, 5) is 0. The molecule has 0 nitrogen and oxygen atoms in total. The molecule has 0 saturated carbocycles. The minimum atomic E-state index is 1.14. The van der Waals surface area contributed by atoms with Crippen LogP contribution in [0.15, 0.2) is 30.3 Å². The number of hydrogen-bond donors (Lipinski definition) is 0. The van der Waals surface area contributed by atoms with E-state index in [-0.39, 0.29) is 0 Å². The van der Waals surface area contributed by atoms with Crippen molar-refractivity contribution in [1.82, 2.24) is 0 Å². The molecule has 0 spiro atoms. The highest BCUT2D eigenvalue weighted by Crippen LogP contribution is 1.96. The van der Waals surface area contributed by atoms with Crippen molar-refractivity contribution in [3.8, 4) is 12.8 Å². The van der Waals surface area contributed by atoms with Crippen LogP contribution in [0.1, 0.15) is 32.8 Å². The van der Waals surface area contributed by atoms with Gasteiger partial charge in [-0.1, -0.05) is 57.5 Å². The van der Waals surface area contributed by atoms with Crippen molar-refractivity contribution in [1.29, 1.82) is 0 Å². The lowest BCUT2D eigenvalue weighted by atomic mass is 10.2. The normalized spacial score (nSPS) is 7.15. The smallest absolute Gasteiger partial charge is 0.0307 e.